The number of carbonyl (C=O) groups is 1. The van der Waals surface area contributed by atoms with Crippen molar-refractivity contribution in [3.63, 3.8) is 0 Å². The standard InChI is InChI=1S/C14H17ClF3N3O/c1-9-7-19-4-5-21(9)8-13(22)20-12-6-10(14(16,17)18)2-3-11(12)15/h2-3,6,9,19H,4-5,7-8H2,1H3,(H,20,22)/t9-/m1/s1. The van der Waals surface area contributed by atoms with Crippen LogP contribution in [0.2, 0.25) is 5.02 Å². The SMILES string of the molecule is C[C@@H]1CNCCN1CC(=O)Nc1cc(C(F)(F)F)ccc1Cl. The zero-order chi connectivity index (χ0) is 16.3. The minimum absolute atomic E-state index is 0.0238. The number of halogens is 4. The maximum atomic E-state index is 12.7. The zero-order valence-corrected chi connectivity index (χ0v) is 12.8. The van der Waals surface area contributed by atoms with Gasteiger partial charge < -0.3 is 10.6 Å². The summed E-state index contributed by atoms with van der Waals surface area (Å²) in [5.41, 5.74) is -0.869. The van der Waals surface area contributed by atoms with Crippen LogP contribution >= 0.6 is 11.6 Å². The molecule has 8 heteroatoms. The Morgan fingerprint density at radius 2 is 2.23 bits per heavy atom. The first-order valence-corrected chi connectivity index (χ1v) is 7.26. The monoisotopic (exact) mass is 335 g/mol. The Labute approximate surface area is 131 Å². The third kappa shape index (κ3) is 4.34. The number of alkyl halides is 3. The first-order chi connectivity index (χ1) is 10.3. The minimum atomic E-state index is -4.48. The molecule has 0 radical (unpaired) electrons. The van der Waals surface area contributed by atoms with Gasteiger partial charge in [0.25, 0.3) is 0 Å². The van der Waals surface area contributed by atoms with E-state index in [4.69, 9.17) is 11.6 Å². The summed E-state index contributed by atoms with van der Waals surface area (Å²) in [7, 11) is 0. The van der Waals surface area contributed by atoms with Gasteiger partial charge in [0.15, 0.2) is 0 Å². The molecule has 1 aliphatic heterocycles. The van der Waals surface area contributed by atoms with E-state index in [1.165, 1.54) is 0 Å². The number of amides is 1. The highest BCUT2D eigenvalue weighted by Gasteiger charge is 2.31. The van der Waals surface area contributed by atoms with E-state index >= 15 is 0 Å². The highest BCUT2D eigenvalue weighted by atomic mass is 35.5. The van der Waals surface area contributed by atoms with E-state index in [1.807, 2.05) is 11.8 Å². The van der Waals surface area contributed by atoms with Crippen molar-refractivity contribution in [3.05, 3.63) is 28.8 Å². The lowest BCUT2D eigenvalue weighted by Crippen LogP contribution is -2.52. The van der Waals surface area contributed by atoms with E-state index in [2.05, 4.69) is 10.6 Å². The lowest BCUT2D eigenvalue weighted by atomic mass is 10.2. The first-order valence-electron chi connectivity index (χ1n) is 6.89. The molecule has 1 atom stereocenters. The summed E-state index contributed by atoms with van der Waals surface area (Å²) in [6.45, 7) is 4.37. The van der Waals surface area contributed by atoms with Crippen LogP contribution in [-0.2, 0) is 11.0 Å². The molecule has 0 unspecified atom stereocenters. The summed E-state index contributed by atoms with van der Waals surface area (Å²) in [5, 5.41) is 5.74. The summed E-state index contributed by atoms with van der Waals surface area (Å²) in [4.78, 5) is 14.0. The van der Waals surface area contributed by atoms with Gasteiger partial charge in [-0.25, -0.2) is 0 Å². The second-order valence-electron chi connectivity index (χ2n) is 5.26. The van der Waals surface area contributed by atoms with Gasteiger partial charge in [-0.1, -0.05) is 11.6 Å². The molecule has 1 fully saturated rings. The van der Waals surface area contributed by atoms with E-state index in [1.54, 1.807) is 0 Å². The fourth-order valence-electron chi connectivity index (χ4n) is 2.29. The Kier molecular flexibility index (Phi) is 5.31. The van der Waals surface area contributed by atoms with Crippen molar-refractivity contribution in [2.45, 2.75) is 19.1 Å². The van der Waals surface area contributed by atoms with Gasteiger partial charge in [0.2, 0.25) is 5.91 Å². The first kappa shape index (κ1) is 17.1. The van der Waals surface area contributed by atoms with Crippen LogP contribution in [0.15, 0.2) is 18.2 Å². The Hall–Kier alpha value is -1.31. The van der Waals surface area contributed by atoms with Crippen LogP contribution in [0.5, 0.6) is 0 Å². The second-order valence-corrected chi connectivity index (χ2v) is 5.67. The van der Waals surface area contributed by atoms with Gasteiger partial charge in [-0.05, 0) is 25.1 Å². The molecule has 2 N–H and O–H groups in total. The van der Waals surface area contributed by atoms with Crippen LogP contribution in [0.25, 0.3) is 0 Å². The molecule has 122 valence electrons. The van der Waals surface area contributed by atoms with Crippen LogP contribution in [0.4, 0.5) is 18.9 Å². The smallest absolute Gasteiger partial charge is 0.324 e. The number of nitrogens with zero attached hydrogens (tertiary/aromatic N) is 1. The Bertz CT molecular complexity index is 551. The topological polar surface area (TPSA) is 44.4 Å². The number of piperazine rings is 1. The molecule has 1 aliphatic rings. The number of carbonyl (C=O) groups excluding carboxylic acids is 1. The van der Waals surface area contributed by atoms with Gasteiger partial charge in [0, 0.05) is 25.7 Å². The Morgan fingerprint density at radius 1 is 1.50 bits per heavy atom. The summed E-state index contributed by atoms with van der Waals surface area (Å²) < 4.78 is 38.1. The number of anilines is 1. The van der Waals surface area contributed by atoms with Crippen molar-refractivity contribution in [2.75, 3.05) is 31.5 Å². The summed E-state index contributed by atoms with van der Waals surface area (Å²) in [5.74, 6) is -0.380. The van der Waals surface area contributed by atoms with Gasteiger partial charge in [0.1, 0.15) is 0 Å². The van der Waals surface area contributed by atoms with Crippen LogP contribution < -0.4 is 10.6 Å². The lowest BCUT2D eigenvalue weighted by Gasteiger charge is -2.33. The van der Waals surface area contributed by atoms with E-state index in [0.29, 0.717) is 6.54 Å². The summed E-state index contributed by atoms with van der Waals surface area (Å²) in [6.07, 6.45) is -4.48. The summed E-state index contributed by atoms with van der Waals surface area (Å²) >= 11 is 5.86. The Balaban J connectivity index is 2.04. The van der Waals surface area contributed by atoms with Crippen LogP contribution in [0.3, 0.4) is 0 Å². The molecular weight excluding hydrogens is 319 g/mol. The number of nitrogens with one attached hydrogen (secondary N) is 2. The number of hydrogen-bond acceptors (Lipinski definition) is 3. The predicted octanol–water partition coefficient (Wildman–Crippen LogP) is 2.59. The lowest BCUT2D eigenvalue weighted by molar-refractivity contribution is -0.137. The molecule has 1 aromatic carbocycles. The molecule has 0 aliphatic carbocycles. The van der Waals surface area contributed by atoms with Crippen molar-refractivity contribution in [2.24, 2.45) is 0 Å². The molecule has 1 heterocycles. The molecule has 2 rings (SSSR count). The van der Waals surface area contributed by atoms with Crippen LogP contribution in [-0.4, -0.2) is 43.0 Å². The van der Waals surface area contributed by atoms with Gasteiger partial charge in [-0.3, -0.25) is 9.69 Å². The molecule has 4 nitrogen and oxygen atoms in total. The van der Waals surface area contributed by atoms with Gasteiger partial charge in [0.05, 0.1) is 22.8 Å². The molecule has 0 bridgehead atoms. The molecule has 0 aromatic heterocycles. The number of rotatable bonds is 3. The molecule has 1 saturated heterocycles. The fraction of sp³-hybridized carbons (Fsp3) is 0.500. The molecule has 1 amide bonds. The molecular formula is C14H17ClF3N3O. The minimum Gasteiger partial charge on any atom is -0.324 e. The second kappa shape index (κ2) is 6.85. The van der Waals surface area contributed by atoms with Gasteiger partial charge in [-0.2, -0.15) is 13.2 Å². The Morgan fingerprint density at radius 3 is 2.86 bits per heavy atom. The van der Waals surface area contributed by atoms with Crippen molar-refractivity contribution >= 4 is 23.2 Å². The van der Waals surface area contributed by atoms with Crippen molar-refractivity contribution in [1.82, 2.24) is 10.2 Å². The van der Waals surface area contributed by atoms with E-state index in [9.17, 15) is 18.0 Å². The highest BCUT2D eigenvalue weighted by Crippen LogP contribution is 2.33. The average Bonchev–Trinajstić information content (AvgIpc) is 2.42. The number of hydrogen-bond donors (Lipinski definition) is 2. The maximum absolute atomic E-state index is 12.7. The van der Waals surface area contributed by atoms with Crippen molar-refractivity contribution in [1.29, 1.82) is 0 Å². The predicted molar refractivity (Wildman–Crippen MR) is 79.0 cm³/mol. The van der Waals surface area contributed by atoms with E-state index in [0.717, 1.165) is 31.3 Å². The van der Waals surface area contributed by atoms with Gasteiger partial charge >= 0.3 is 6.18 Å². The number of benzene rings is 1. The quantitative estimate of drug-likeness (QED) is 0.892. The fourth-order valence-corrected chi connectivity index (χ4v) is 2.45. The maximum Gasteiger partial charge on any atom is 0.416 e. The van der Waals surface area contributed by atoms with Crippen LogP contribution in [0.1, 0.15) is 12.5 Å². The van der Waals surface area contributed by atoms with E-state index < -0.39 is 11.7 Å². The third-order valence-corrected chi connectivity index (χ3v) is 3.88. The molecule has 0 spiro atoms. The molecule has 22 heavy (non-hydrogen) atoms. The van der Waals surface area contributed by atoms with Crippen molar-refractivity contribution in [3.8, 4) is 0 Å². The van der Waals surface area contributed by atoms with Crippen LogP contribution in [0, 0.1) is 0 Å². The largest absolute Gasteiger partial charge is 0.416 e. The van der Waals surface area contributed by atoms with Crippen molar-refractivity contribution < 1.29 is 18.0 Å². The van der Waals surface area contributed by atoms with Gasteiger partial charge in [-0.15, -0.1) is 0 Å². The zero-order valence-electron chi connectivity index (χ0n) is 12.0. The van der Waals surface area contributed by atoms with E-state index in [-0.39, 0.29) is 29.2 Å². The average molecular weight is 336 g/mol. The summed E-state index contributed by atoms with van der Waals surface area (Å²) in [6, 6.07) is 3.06. The normalized spacial score (nSPS) is 20.0. The third-order valence-electron chi connectivity index (χ3n) is 3.55. The molecule has 1 aromatic rings. The molecule has 0 saturated carbocycles. The highest BCUT2D eigenvalue weighted by molar-refractivity contribution is 6.33.